The summed E-state index contributed by atoms with van der Waals surface area (Å²) in [6, 6.07) is 13.7. The molecule has 0 radical (unpaired) electrons. The zero-order valence-electron chi connectivity index (χ0n) is 15.9. The van der Waals surface area contributed by atoms with Crippen LogP contribution in [0.2, 0.25) is 0 Å². The number of ether oxygens (including phenoxy) is 1. The number of hydrazone groups is 1. The van der Waals surface area contributed by atoms with Crippen molar-refractivity contribution in [2.75, 3.05) is 31.7 Å². The van der Waals surface area contributed by atoms with Gasteiger partial charge < -0.3 is 9.64 Å². The number of nitrogens with one attached hydrogen (secondary N) is 2. The van der Waals surface area contributed by atoms with E-state index in [1.54, 1.807) is 18.2 Å². The highest BCUT2D eigenvalue weighted by molar-refractivity contribution is 9.10. The first-order valence-electron chi connectivity index (χ1n) is 9.28. The Morgan fingerprint density at radius 1 is 1.25 bits per heavy atom. The van der Waals surface area contributed by atoms with E-state index in [1.165, 1.54) is 30.2 Å². The van der Waals surface area contributed by atoms with Crippen LogP contribution in [0.15, 0.2) is 52.0 Å². The predicted octanol–water partition coefficient (Wildman–Crippen LogP) is 2.28. The van der Waals surface area contributed by atoms with E-state index in [2.05, 4.69) is 32.5 Å². The Bertz CT molecular complexity index is 821. The summed E-state index contributed by atoms with van der Waals surface area (Å²) in [4.78, 5) is 13.6. The molecule has 2 N–H and O–H groups in total. The fourth-order valence-corrected chi connectivity index (χ4v) is 4.46. The van der Waals surface area contributed by atoms with Crippen LogP contribution >= 0.6 is 27.7 Å². The third-order valence-electron chi connectivity index (χ3n) is 4.63. The Labute approximate surface area is 178 Å². The third kappa shape index (κ3) is 6.36. The van der Waals surface area contributed by atoms with E-state index < -0.39 is 0 Å². The van der Waals surface area contributed by atoms with Gasteiger partial charge in [0.15, 0.2) is 0 Å². The van der Waals surface area contributed by atoms with Gasteiger partial charge in [0.05, 0.1) is 32.8 Å². The number of benzene rings is 2. The van der Waals surface area contributed by atoms with Gasteiger partial charge in [0, 0.05) is 21.5 Å². The van der Waals surface area contributed by atoms with Crippen molar-refractivity contribution in [1.29, 1.82) is 0 Å². The molecule has 0 bridgehead atoms. The lowest BCUT2D eigenvalue weighted by Gasteiger charge is -2.24. The second-order valence-electron chi connectivity index (χ2n) is 6.71. The number of thioether (sulfide) groups is 1. The van der Waals surface area contributed by atoms with Gasteiger partial charge in [-0.05, 0) is 41.5 Å². The molecule has 1 amide bonds. The average Bonchev–Trinajstić information content (AvgIpc) is 2.71. The fourth-order valence-electron chi connectivity index (χ4n) is 3.13. The maximum absolute atomic E-state index is 12.1. The largest absolute Gasteiger partial charge is 0.496 e. The molecule has 148 valence electrons. The number of carbonyl (C=O) groups is 1. The van der Waals surface area contributed by atoms with Crippen LogP contribution in [-0.4, -0.2) is 43.8 Å². The van der Waals surface area contributed by atoms with Gasteiger partial charge in [-0.3, -0.25) is 4.79 Å². The summed E-state index contributed by atoms with van der Waals surface area (Å²) < 4.78 is 6.52. The molecule has 0 aliphatic carbocycles. The number of methoxy groups -OCH3 is 1. The van der Waals surface area contributed by atoms with Crippen LogP contribution in [0.5, 0.6) is 5.75 Å². The zero-order valence-corrected chi connectivity index (χ0v) is 18.3. The summed E-state index contributed by atoms with van der Waals surface area (Å²) in [5.41, 5.74) is 5.68. The maximum Gasteiger partial charge on any atom is 0.244 e. The highest BCUT2D eigenvalue weighted by Gasteiger charge is 2.16. The molecule has 0 unspecified atom stereocenters. The molecular weight excluding hydrogens is 438 g/mol. The van der Waals surface area contributed by atoms with Crippen molar-refractivity contribution in [2.24, 2.45) is 5.10 Å². The maximum atomic E-state index is 12.1. The molecule has 0 atom stereocenters. The molecule has 0 aromatic heterocycles. The van der Waals surface area contributed by atoms with Gasteiger partial charge >= 0.3 is 0 Å². The number of rotatable bonds is 7. The number of amides is 1. The minimum atomic E-state index is -0.137. The summed E-state index contributed by atoms with van der Waals surface area (Å²) in [5, 5.41) is 4.11. The summed E-state index contributed by atoms with van der Waals surface area (Å²) in [5.74, 6) is 3.19. The average molecular weight is 463 g/mol. The second kappa shape index (κ2) is 10.6. The van der Waals surface area contributed by atoms with E-state index in [1.807, 2.05) is 48.2 Å². The molecule has 1 saturated heterocycles. The fraction of sp³-hybridized carbons (Fsp3) is 0.333. The molecule has 5 nitrogen and oxygen atoms in total. The van der Waals surface area contributed by atoms with Crippen molar-refractivity contribution in [3.8, 4) is 5.75 Å². The number of carbonyl (C=O) groups excluding carboxylic acids is 1. The number of quaternary nitrogens is 1. The molecular formula is C21H25BrN3O2S+. The molecule has 1 aliphatic heterocycles. The molecule has 3 rings (SSSR count). The molecule has 2 aromatic carbocycles. The summed E-state index contributed by atoms with van der Waals surface area (Å²) in [6.45, 7) is 3.30. The quantitative estimate of drug-likeness (QED) is 0.490. The van der Waals surface area contributed by atoms with Crippen molar-refractivity contribution in [3.05, 3.63) is 63.6 Å². The van der Waals surface area contributed by atoms with Crippen LogP contribution < -0.4 is 15.1 Å². The van der Waals surface area contributed by atoms with Crippen molar-refractivity contribution in [2.45, 2.75) is 13.0 Å². The van der Waals surface area contributed by atoms with Crippen molar-refractivity contribution >= 4 is 39.8 Å². The second-order valence-corrected chi connectivity index (χ2v) is 8.85. The van der Waals surface area contributed by atoms with Gasteiger partial charge in [-0.15, -0.1) is 0 Å². The first-order chi connectivity index (χ1) is 13.6. The van der Waals surface area contributed by atoms with Crippen LogP contribution in [0, 0.1) is 0 Å². The number of hydrogen-bond acceptors (Lipinski definition) is 4. The summed E-state index contributed by atoms with van der Waals surface area (Å²) >= 11 is 5.41. The molecule has 28 heavy (non-hydrogen) atoms. The van der Waals surface area contributed by atoms with E-state index in [4.69, 9.17) is 4.74 Å². The van der Waals surface area contributed by atoms with Crippen LogP contribution in [0.25, 0.3) is 0 Å². The highest BCUT2D eigenvalue weighted by atomic mass is 79.9. The minimum Gasteiger partial charge on any atom is -0.496 e. The third-order valence-corrected chi connectivity index (χ3v) is 6.14. The molecule has 1 aliphatic rings. The highest BCUT2D eigenvalue weighted by Crippen LogP contribution is 2.18. The van der Waals surface area contributed by atoms with Gasteiger partial charge in [0.2, 0.25) is 5.91 Å². The lowest BCUT2D eigenvalue weighted by atomic mass is 10.1. The van der Waals surface area contributed by atoms with Gasteiger partial charge in [-0.2, -0.15) is 16.9 Å². The Morgan fingerprint density at radius 2 is 2.00 bits per heavy atom. The van der Waals surface area contributed by atoms with Crippen molar-refractivity contribution < 1.29 is 14.4 Å². The van der Waals surface area contributed by atoms with E-state index in [0.717, 1.165) is 27.9 Å². The number of nitrogens with zero attached hydrogens (tertiary/aromatic N) is 1. The van der Waals surface area contributed by atoms with Crippen LogP contribution in [0.3, 0.4) is 0 Å². The lowest BCUT2D eigenvalue weighted by Crippen LogP contribution is -3.12. The molecule has 0 saturated carbocycles. The molecule has 1 heterocycles. The Morgan fingerprint density at radius 3 is 2.71 bits per heavy atom. The predicted molar refractivity (Wildman–Crippen MR) is 118 cm³/mol. The van der Waals surface area contributed by atoms with E-state index in [9.17, 15) is 4.79 Å². The Kier molecular flexibility index (Phi) is 7.94. The number of hydrogen-bond donors (Lipinski definition) is 2. The van der Waals surface area contributed by atoms with Gasteiger partial charge in [0.25, 0.3) is 0 Å². The smallest absolute Gasteiger partial charge is 0.244 e. The monoisotopic (exact) mass is 462 g/mol. The summed E-state index contributed by atoms with van der Waals surface area (Å²) in [6.07, 6.45) is 1.98. The lowest BCUT2D eigenvalue weighted by molar-refractivity contribution is -0.910. The Hall–Kier alpha value is -1.83. The van der Waals surface area contributed by atoms with Gasteiger partial charge in [-0.25, -0.2) is 5.43 Å². The Balaban J connectivity index is 1.58. The van der Waals surface area contributed by atoms with Crippen molar-refractivity contribution in [1.82, 2.24) is 5.43 Å². The molecule has 0 spiro atoms. The normalized spacial score (nSPS) is 14.9. The molecule has 7 heteroatoms. The first-order valence-corrected chi connectivity index (χ1v) is 11.2. The number of halogens is 1. The molecule has 2 aromatic rings. The van der Waals surface area contributed by atoms with Gasteiger partial charge in [0.1, 0.15) is 12.3 Å². The standard InChI is InChI=1S/C21H24BrN3O2S/c1-27-20-7-4-17(12-18(20)15-25-8-10-28-11-9-25)14-23-24-21(26)13-16-2-5-19(22)6-3-16/h2-7,12,14H,8-11,13,15H2,1H3,(H,24,26)/p+1/b23-14-. The first kappa shape index (κ1) is 20.9. The van der Waals surface area contributed by atoms with E-state index in [0.29, 0.717) is 6.42 Å². The topological polar surface area (TPSA) is 55.1 Å². The van der Waals surface area contributed by atoms with Gasteiger partial charge in [-0.1, -0.05) is 28.1 Å². The summed E-state index contributed by atoms with van der Waals surface area (Å²) in [7, 11) is 1.70. The van der Waals surface area contributed by atoms with Crippen LogP contribution in [0.1, 0.15) is 16.7 Å². The van der Waals surface area contributed by atoms with Crippen molar-refractivity contribution in [3.63, 3.8) is 0 Å². The zero-order chi connectivity index (χ0) is 19.8. The van der Waals surface area contributed by atoms with Crippen LogP contribution in [0.4, 0.5) is 0 Å². The van der Waals surface area contributed by atoms with E-state index in [-0.39, 0.29) is 5.91 Å². The SMILES string of the molecule is COc1ccc(/C=N\NC(=O)Cc2ccc(Br)cc2)cc1C[NH+]1CCSCC1. The minimum absolute atomic E-state index is 0.137. The van der Waals surface area contributed by atoms with E-state index >= 15 is 0 Å². The van der Waals surface area contributed by atoms with Crippen LogP contribution in [-0.2, 0) is 17.8 Å². The molecule has 1 fully saturated rings.